The van der Waals surface area contributed by atoms with Crippen LogP contribution in [0.15, 0.2) is 0 Å². The van der Waals surface area contributed by atoms with E-state index in [9.17, 15) is 45.8 Å². The summed E-state index contributed by atoms with van der Waals surface area (Å²) in [6, 6.07) is 0. The van der Waals surface area contributed by atoms with Gasteiger partial charge >= 0.3 is 30.0 Å². The number of carbonyl (C=O) groups is 3. The number of carbonyl (C=O) groups excluding carboxylic acids is 3. The molecule has 1 heterocycles. The van der Waals surface area contributed by atoms with E-state index in [-0.39, 0.29) is 42.1 Å². The van der Waals surface area contributed by atoms with Crippen LogP contribution >= 0.6 is 0 Å². The molecular formula is C33H44F6NO7-. The maximum atomic E-state index is 13.8. The monoisotopic (exact) mass is 680 g/mol. The summed E-state index contributed by atoms with van der Waals surface area (Å²) in [4.78, 5) is 39.4. The number of carboxylic acid groups (broad SMARTS) is 1. The molecule has 0 aromatic rings. The van der Waals surface area contributed by atoms with Crippen LogP contribution < -0.4 is 5.11 Å². The van der Waals surface area contributed by atoms with Crippen LogP contribution in [0.1, 0.15) is 90.9 Å². The Kier molecular flexibility index (Phi) is 9.03. The van der Waals surface area contributed by atoms with Crippen LogP contribution in [0, 0.1) is 53.3 Å². The molecule has 1 saturated heterocycles. The fourth-order valence-corrected chi connectivity index (χ4v) is 10.7. The minimum atomic E-state index is -6.23. The van der Waals surface area contributed by atoms with Crippen LogP contribution in [0.25, 0.3) is 0 Å². The molecule has 0 spiro atoms. The third-order valence-electron chi connectivity index (χ3n) is 12.2. The number of piperidine rings is 1. The normalized spacial score (nSPS) is 37.3. The van der Waals surface area contributed by atoms with Gasteiger partial charge in [0.05, 0.1) is 11.5 Å². The van der Waals surface area contributed by atoms with Crippen LogP contribution in [-0.4, -0.2) is 65.9 Å². The van der Waals surface area contributed by atoms with Gasteiger partial charge in [0.15, 0.2) is 0 Å². The average molecular weight is 681 g/mol. The second kappa shape index (κ2) is 12.3. The minimum Gasteiger partial charge on any atom is -0.550 e. The number of alkyl halides is 6. The van der Waals surface area contributed by atoms with Gasteiger partial charge in [-0.05, 0) is 106 Å². The standard InChI is InChI=1S/C33H45F6NO7/c1-17(2)28(47-30-11-18-8-19(12-30)10-20(9-18)13-30)45-29(44)40-15-21-4-3-5-23-24(7-6-22(16-40)26(21)23)27(43)46-31(14-25(41)42,32(34,35)36)33(37,38)39/h17-24,26,28H,3-16H2,1-2H3,(H,41,42)/p-1. The van der Waals surface area contributed by atoms with E-state index in [0.29, 0.717) is 50.1 Å². The molecule has 1 aliphatic heterocycles. The Labute approximate surface area is 270 Å². The molecule has 6 unspecified atom stereocenters. The summed E-state index contributed by atoms with van der Waals surface area (Å²) in [5.74, 6) is -4.74. The third-order valence-corrected chi connectivity index (χ3v) is 12.2. The van der Waals surface area contributed by atoms with E-state index in [2.05, 4.69) is 4.74 Å². The van der Waals surface area contributed by atoms with Crippen LogP contribution in [0.4, 0.5) is 31.1 Å². The molecule has 266 valence electrons. The van der Waals surface area contributed by atoms with Gasteiger partial charge < -0.3 is 29.0 Å². The van der Waals surface area contributed by atoms with Crippen molar-refractivity contribution < 1.29 is 60.0 Å². The van der Waals surface area contributed by atoms with Crippen molar-refractivity contribution in [1.82, 2.24) is 4.90 Å². The van der Waals surface area contributed by atoms with Gasteiger partial charge in [0.1, 0.15) is 0 Å². The number of carboxylic acids is 1. The molecule has 6 saturated carbocycles. The molecule has 6 aliphatic carbocycles. The smallest absolute Gasteiger partial charge is 0.437 e. The molecule has 0 aromatic carbocycles. The molecule has 0 radical (unpaired) electrons. The Bertz CT molecular complexity index is 1160. The maximum absolute atomic E-state index is 13.8. The lowest BCUT2D eigenvalue weighted by Gasteiger charge is -2.57. The van der Waals surface area contributed by atoms with Crippen molar-refractivity contribution in [3.63, 3.8) is 0 Å². The van der Waals surface area contributed by atoms with Crippen molar-refractivity contribution >= 4 is 18.0 Å². The van der Waals surface area contributed by atoms with E-state index >= 15 is 0 Å². The van der Waals surface area contributed by atoms with Crippen molar-refractivity contribution in [2.45, 2.75) is 121 Å². The number of likely N-dealkylation sites (tertiary alicyclic amines) is 1. The minimum absolute atomic E-state index is 0.0405. The quantitative estimate of drug-likeness (QED) is 0.176. The number of rotatable bonds is 8. The molecule has 7 rings (SSSR count). The Morgan fingerprint density at radius 2 is 1.40 bits per heavy atom. The second-order valence-corrected chi connectivity index (χ2v) is 15.8. The highest BCUT2D eigenvalue weighted by atomic mass is 19.4. The summed E-state index contributed by atoms with van der Waals surface area (Å²) in [5, 5.41) is 11.0. The first-order chi connectivity index (χ1) is 21.9. The number of amides is 1. The summed E-state index contributed by atoms with van der Waals surface area (Å²) >= 11 is 0. The van der Waals surface area contributed by atoms with Gasteiger partial charge in [-0.25, -0.2) is 4.79 Å². The first-order valence-electron chi connectivity index (χ1n) is 17.1. The Hall–Kier alpha value is -2.25. The number of halogens is 6. The first-order valence-corrected chi connectivity index (χ1v) is 17.1. The predicted molar refractivity (Wildman–Crippen MR) is 150 cm³/mol. The van der Waals surface area contributed by atoms with Crippen LogP contribution in [0.3, 0.4) is 0 Å². The maximum Gasteiger partial charge on any atom is 0.437 e. The first kappa shape index (κ1) is 34.6. The lowest BCUT2D eigenvalue weighted by Crippen LogP contribution is -2.63. The van der Waals surface area contributed by atoms with Gasteiger partial charge in [-0.15, -0.1) is 0 Å². The summed E-state index contributed by atoms with van der Waals surface area (Å²) in [5.41, 5.74) is -5.48. The highest BCUT2D eigenvalue weighted by molar-refractivity contribution is 5.75. The van der Waals surface area contributed by atoms with Crippen molar-refractivity contribution in [2.75, 3.05) is 13.1 Å². The van der Waals surface area contributed by atoms with Gasteiger partial charge in [0, 0.05) is 31.4 Å². The Morgan fingerprint density at radius 1 is 0.851 bits per heavy atom. The van der Waals surface area contributed by atoms with Gasteiger partial charge in [-0.2, -0.15) is 26.3 Å². The lowest BCUT2D eigenvalue weighted by atomic mass is 9.54. The summed E-state index contributed by atoms with van der Waals surface area (Å²) in [6.07, 6.45) is -7.67. The summed E-state index contributed by atoms with van der Waals surface area (Å²) in [7, 11) is 0. The number of aliphatic carboxylic acids is 1. The van der Waals surface area contributed by atoms with Crippen molar-refractivity contribution in [2.24, 2.45) is 53.3 Å². The molecular weight excluding hydrogens is 636 g/mol. The molecule has 14 heteroatoms. The van der Waals surface area contributed by atoms with Crippen LogP contribution in [0.2, 0.25) is 0 Å². The highest BCUT2D eigenvalue weighted by Gasteiger charge is 2.74. The molecule has 47 heavy (non-hydrogen) atoms. The molecule has 7 aliphatic rings. The number of nitrogens with zero attached hydrogens (tertiary/aromatic N) is 1. The molecule has 1 amide bonds. The van der Waals surface area contributed by atoms with Gasteiger partial charge in [-0.3, -0.25) is 4.79 Å². The number of hydrogen-bond acceptors (Lipinski definition) is 7. The van der Waals surface area contributed by atoms with Crippen molar-refractivity contribution in [1.29, 1.82) is 0 Å². The number of hydrogen-bond donors (Lipinski definition) is 0. The molecule has 6 atom stereocenters. The molecule has 0 aromatic heterocycles. The number of ether oxygens (including phenoxy) is 3. The van der Waals surface area contributed by atoms with E-state index in [0.717, 1.165) is 19.3 Å². The highest BCUT2D eigenvalue weighted by Crippen LogP contribution is 2.58. The Balaban J connectivity index is 1.13. The van der Waals surface area contributed by atoms with E-state index in [1.54, 1.807) is 4.90 Å². The third kappa shape index (κ3) is 6.45. The summed E-state index contributed by atoms with van der Waals surface area (Å²) in [6.45, 7) is 4.49. The predicted octanol–water partition coefficient (Wildman–Crippen LogP) is 6.01. The van der Waals surface area contributed by atoms with E-state index in [1.165, 1.54) is 19.3 Å². The fraction of sp³-hybridized carbons (Fsp3) is 0.909. The fourth-order valence-electron chi connectivity index (χ4n) is 10.7. The number of esters is 1. The molecule has 8 nitrogen and oxygen atoms in total. The van der Waals surface area contributed by atoms with Gasteiger partial charge in [-0.1, -0.05) is 20.3 Å². The van der Waals surface area contributed by atoms with Crippen LogP contribution in [0.5, 0.6) is 0 Å². The van der Waals surface area contributed by atoms with Gasteiger partial charge in [0.25, 0.3) is 0 Å². The topological polar surface area (TPSA) is 105 Å². The van der Waals surface area contributed by atoms with E-state index in [1.807, 2.05) is 13.8 Å². The SMILES string of the molecule is CC(C)C(OC(=O)N1CC2CCCC3C(C(=O)OC(CC(=O)[O-])(C(F)(F)F)C(F)(F)F)CCC(C1)C23)OC12CC3CC(CC(C3)C1)C2. The van der Waals surface area contributed by atoms with E-state index < -0.39 is 60.5 Å². The molecule has 7 fully saturated rings. The lowest BCUT2D eigenvalue weighted by molar-refractivity contribution is -0.382. The summed E-state index contributed by atoms with van der Waals surface area (Å²) < 4.78 is 99.8. The zero-order valence-corrected chi connectivity index (χ0v) is 26.7. The van der Waals surface area contributed by atoms with E-state index in [4.69, 9.17) is 9.47 Å². The van der Waals surface area contributed by atoms with Gasteiger partial charge in [0.2, 0.25) is 6.29 Å². The second-order valence-electron chi connectivity index (χ2n) is 15.8. The molecule has 0 N–H and O–H groups in total. The largest absolute Gasteiger partial charge is 0.550 e. The zero-order valence-electron chi connectivity index (χ0n) is 26.7. The Morgan fingerprint density at radius 3 is 1.91 bits per heavy atom. The van der Waals surface area contributed by atoms with Crippen molar-refractivity contribution in [3.05, 3.63) is 0 Å². The van der Waals surface area contributed by atoms with Crippen molar-refractivity contribution in [3.8, 4) is 0 Å². The van der Waals surface area contributed by atoms with Crippen LogP contribution in [-0.2, 0) is 23.8 Å². The molecule has 4 bridgehead atoms. The average Bonchev–Trinajstić information content (AvgIpc) is 2.94. The zero-order chi connectivity index (χ0) is 34.1.